The Labute approximate surface area is 177 Å². The summed E-state index contributed by atoms with van der Waals surface area (Å²) in [5, 5.41) is 4.21. The molecule has 1 amide bonds. The maximum Gasteiger partial charge on any atom is 0.259 e. The van der Waals surface area contributed by atoms with Crippen molar-refractivity contribution in [2.75, 3.05) is 26.2 Å². The van der Waals surface area contributed by atoms with Gasteiger partial charge < -0.3 is 4.90 Å². The molecule has 0 radical (unpaired) electrons. The van der Waals surface area contributed by atoms with Gasteiger partial charge in [-0.25, -0.2) is 13.9 Å². The minimum absolute atomic E-state index is 0.0205. The van der Waals surface area contributed by atoms with Crippen molar-refractivity contribution in [3.63, 3.8) is 0 Å². The van der Waals surface area contributed by atoms with E-state index in [2.05, 4.69) is 21.0 Å². The number of benzene rings is 1. The van der Waals surface area contributed by atoms with Gasteiger partial charge in [-0.1, -0.05) is 12.1 Å². The first-order valence-electron chi connectivity index (χ1n) is 9.82. The molecular formula is C22H20FN5OS. The van der Waals surface area contributed by atoms with Gasteiger partial charge in [0, 0.05) is 54.9 Å². The molecule has 30 heavy (non-hydrogen) atoms. The Bertz CT molecular complexity index is 1190. The van der Waals surface area contributed by atoms with Crippen LogP contribution in [0.5, 0.6) is 0 Å². The molecule has 0 N–H and O–H groups in total. The third-order valence-electron chi connectivity index (χ3n) is 5.32. The highest BCUT2D eigenvalue weighted by atomic mass is 32.1. The molecule has 8 heteroatoms. The Balaban J connectivity index is 1.21. The number of nitrogens with zero attached hydrogens (tertiary/aromatic N) is 5. The van der Waals surface area contributed by atoms with Crippen LogP contribution >= 0.6 is 11.3 Å². The molecule has 0 spiro atoms. The van der Waals surface area contributed by atoms with E-state index in [1.54, 1.807) is 52.6 Å². The second-order valence-corrected chi connectivity index (χ2v) is 8.46. The summed E-state index contributed by atoms with van der Waals surface area (Å²) in [7, 11) is 0. The molecule has 1 saturated heterocycles. The van der Waals surface area contributed by atoms with E-state index in [1.807, 2.05) is 17.0 Å². The summed E-state index contributed by atoms with van der Waals surface area (Å²) in [6, 6.07) is 12.6. The monoisotopic (exact) mass is 421 g/mol. The van der Waals surface area contributed by atoms with Crippen LogP contribution in [0.4, 0.5) is 4.39 Å². The third kappa shape index (κ3) is 3.71. The van der Waals surface area contributed by atoms with Crippen molar-refractivity contribution in [3.8, 4) is 10.4 Å². The molecule has 0 atom stereocenters. The molecule has 1 aliphatic heterocycles. The molecule has 152 valence electrons. The largest absolute Gasteiger partial charge is 0.336 e. The first-order valence-corrected chi connectivity index (χ1v) is 10.6. The number of amides is 1. The normalized spacial score (nSPS) is 15.0. The maximum atomic E-state index is 13.5. The maximum absolute atomic E-state index is 13.5. The summed E-state index contributed by atoms with van der Waals surface area (Å²) in [6.45, 7) is 3.80. The van der Waals surface area contributed by atoms with Crippen molar-refractivity contribution in [1.82, 2.24) is 24.4 Å². The zero-order valence-electron chi connectivity index (χ0n) is 16.2. The number of carbonyl (C=O) groups is 1. The van der Waals surface area contributed by atoms with Crippen molar-refractivity contribution in [1.29, 1.82) is 0 Å². The summed E-state index contributed by atoms with van der Waals surface area (Å²) < 4.78 is 15.1. The number of halogens is 1. The standard InChI is InChI=1S/C22H20FN5OS/c23-17-4-1-3-16(13-17)20-6-5-18(30-20)15-26-9-11-27(12-10-26)22(29)19-14-25-28-8-2-7-24-21(19)28/h1-8,13-14H,9-12,15H2. The zero-order chi connectivity index (χ0) is 20.5. The molecule has 6 nitrogen and oxygen atoms in total. The van der Waals surface area contributed by atoms with Gasteiger partial charge in [-0.15, -0.1) is 11.3 Å². The lowest BCUT2D eigenvalue weighted by Crippen LogP contribution is -2.48. The van der Waals surface area contributed by atoms with E-state index in [9.17, 15) is 9.18 Å². The molecule has 1 fully saturated rings. The SMILES string of the molecule is O=C(c1cnn2cccnc12)N1CCN(Cc2ccc(-c3cccc(F)c3)s2)CC1. The van der Waals surface area contributed by atoms with E-state index in [-0.39, 0.29) is 11.7 Å². The lowest BCUT2D eigenvalue weighted by molar-refractivity contribution is 0.0631. The highest BCUT2D eigenvalue weighted by Gasteiger charge is 2.25. The van der Waals surface area contributed by atoms with E-state index in [0.29, 0.717) is 24.3 Å². The van der Waals surface area contributed by atoms with E-state index < -0.39 is 0 Å². The van der Waals surface area contributed by atoms with Gasteiger partial charge >= 0.3 is 0 Å². The molecular weight excluding hydrogens is 401 g/mol. The Morgan fingerprint density at radius 1 is 1.10 bits per heavy atom. The van der Waals surface area contributed by atoms with Gasteiger partial charge in [-0.05, 0) is 35.9 Å². The Morgan fingerprint density at radius 2 is 1.97 bits per heavy atom. The molecule has 3 aromatic heterocycles. The van der Waals surface area contributed by atoms with Crippen LogP contribution in [-0.4, -0.2) is 56.5 Å². The molecule has 0 aliphatic carbocycles. The Kier molecular flexibility index (Phi) is 5.02. The van der Waals surface area contributed by atoms with Gasteiger partial charge in [-0.2, -0.15) is 5.10 Å². The quantitative estimate of drug-likeness (QED) is 0.506. The van der Waals surface area contributed by atoms with Crippen molar-refractivity contribution in [3.05, 3.63) is 77.3 Å². The van der Waals surface area contributed by atoms with Gasteiger partial charge in [0.05, 0.1) is 6.20 Å². The van der Waals surface area contributed by atoms with Crippen LogP contribution in [0.2, 0.25) is 0 Å². The van der Waals surface area contributed by atoms with Gasteiger partial charge in [0.15, 0.2) is 5.65 Å². The molecule has 0 bridgehead atoms. The molecule has 1 aromatic carbocycles. The first-order chi connectivity index (χ1) is 14.7. The number of rotatable bonds is 4. The van der Waals surface area contributed by atoms with Gasteiger partial charge in [-0.3, -0.25) is 9.69 Å². The Morgan fingerprint density at radius 3 is 2.80 bits per heavy atom. The average molecular weight is 422 g/mol. The van der Waals surface area contributed by atoms with E-state index in [0.717, 1.165) is 30.1 Å². The van der Waals surface area contributed by atoms with Crippen molar-refractivity contribution >= 4 is 22.9 Å². The van der Waals surface area contributed by atoms with Crippen LogP contribution in [-0.2, 0) is 6.54 Å². The van der Waals surface area contributed by atoms with Crippen molar-refractivity contribution in [2.24, 2.45) is 0 Å². The highest BCUT2D eigenvalue weighted by molar-refractivity contribution is 7.15. The molecule has 5 rings (SSSR count). The fourth-order valence-electron chi connectivity index (χ4n) is 3.74. The average Bonchev–Trinajstić information content (AvgIpc) is 3.41. The van der Waals surface area contributed by atoms with Gasteiger partial charge in [0.2, 0.25) is 0 Å². The number of hydrogen-bond acceptors (Lipinski definition) is 5. The number of fused-ring (bicyclic) bond motifs is 1. The number of piperazine rings is 1. The zero-order valence-corrected chi connectivity index (χ0v) is 17.1. The fourth-order valence-corrected chi connectivity index (χ4v) is 4.78. The third-order valence-corrected chi connectivity index (χ3v) is 6.44. The second kappa shape index (κ2) is 7.97. The summed E-state index contributed by atoms with van der Waals surface area (Å²) >= 11 is 1.69. The topological polar surface area (TPSA) is 53.7 Å². The van der Waals surface area contributed by atoms with Crippen LogP contribution in [0.3, 0.4) is 0 Å². The predicted octanol–water partition coefficient (Wildman–Crippen LogP) is 3.55. The van der Waals surface area contributed by atoms with Crippen LogP contribution in [0, 0.1) is 5.82 Å². The van der Waals surface area contributed by atoms with E-state index >= 15 is 0 Å². The fraction of sp³-hybridized carbons (Fsp3) is 0.227. The lowest BCUT2D eigenvalue weighted by atomic mass is 10.2. The van der Waals surface area contributed by atoms with Gasteiger partial charge in [0.25, 0.3) is 5.91 Å². The number of carbonyl (C=O) groups excluding carboxylic acids is 1. The summed E-state index contributed by atoms with van der Waals surface area (Å²) in [6.07, 6.45) is 5.05. The molecule has 4 aromatic rings. The number of aromatic nitrogens is 3. The summed E-state index contributed by atoms with van der Waals surface area (Å²) in [5.74, 6) is -0.238. The van der Waals surface area contributed by atoms with Crippen LogP contribution < -0.4 is 0 Å². The van der Waals surface area contributed by atoms with Crippen LogP contribution in [0.15, 0.2) is 61.1 Å². The van der Waals surface area contributed by atoms with E-state index in [4.69, 9.17) is 0 Å². The minimum atomic E-state index is -0.218. The first kappa shape index (κ1) is 18.9. The van der Waals surface area contributed by atoms with Crippen LogP contribution in [0.1, 0.15) is 15.2 Å². The highest BCUT2D eigenvalue weighted by Crippen LogP contribution is 2.29. The predicted molar refractivity (Wildman–Crippen MR) is 114 cm³/mol. The number of thiophene rings is 1. The smallest absolute Gasteiger partial charge is 0.259 e. The van der Waals surface area contributed by atoms with Crippen LogP contribution in [0.25, 0.3) is 16.1 Å². The molecule has 0 unspecified atom stereocenters. The summed E-state index contributed by atoms with van der Waals surface area (Å²) in [5.41, 5.74) is 2.04. The van der Waals surface area contributed by atoms with E-state index in [1.165, 1.54) is 10.9 Å². The minimum Gasteiger partial charge on any atom is -0.336 e. The van der Waals surface area contributed by atoms with Gasteiger partial charge in [0.1, 0.15) is 11.4 Å². The van der Waals surface area contributed by atoms with Crippen molar-refractivity contribution in [2.45, 2.75) is 6.54 Å². The molecule has 1 aliphatic rings. The lowest BCUT2D eigenvalue weighted by Gasteiger charge is -2.34. The Hall–Kier alpha value is -3.10. The molecule has 4 heterocycles. The second-order valence-electron chi connectivity index (χ2n) is 7.29. The number of hydrogen-bond donors (Lipinski definition) is 0. The molecule has 0 saturated carbocycles. The van der Waals surface area contributed by atoms with Crippen molar-refractivity contribution < 1.29 is 9.18 Å². The summed E-state index contributed by atoms with van der Waals surface area (Å²) in [4.78, 5) is 23.7.